The highest BCUT2D eigenvalue weighted by Crippen LogP contribution is 2.22. The quantitative estimate of drug-likeness (QED) is 0.489. The lowest BCUT2D eigenvalue weighted by Crippen LogP contribution is -2.21. The molecule has 30 heavy (non-hydrogen) atoms. The SMILES string of the molecule is Cc1c(NC(=O)Cn2c(C)cc3ccccc32)cccc1C(=O)Nc1ccccc1. The monoisotopic (exact) mass is 397 g/mol. The first kappa shape index (κ1) is 19.5. The molecule has 0 aliphatic heterocycles. The fourth-order valence-corrected chi connectivity index (χ4v) is 3.63. The minimum absolute atomic E-state index is 0.136. The summed E-state index contributed by atoms with van der Waals surface area (Å²) in [4.78, 5) is 25.5. The third-order valence-electron chi connectivity index (χ3n) is 5.20. The van der Waals surface area contributed by atoms with Gasteiger partial charge < -0.3 is 15.2 Å². The molecule has 0 aliphatic carbocycles. The fourth-order valence-electron chi connectivity index (χ4n) is 3.63. The van der Waals surface area contributed by atoms with Crippen LogP contribution >= 0.6 is 0 Å². The van der Waals surface area contributed by atoms with Crippen molar-refractivity contribution in [2.45, 2.75) is 20.4 Å². The van der Waals surface area contributed by atoms with Gasteiger partial charge in [0.1, 0.15) is 6.54 Å². The van der Waals surface area contributed by atoms with Crippen molar-refractivity contribution in [2.24, 2.45) is 0 Å². The van der Waals surface area contributed by atoms with E-state index in [1.54, 1.807) is 12.1 Å². The van der Waals surface area contributed by atoms with Crippen molar-refractivity contribution in [3.63, 3.8) is 0 Å². The Bertz CT molecular complexity index is 1230. The van der Waals surface area contributed by atoms with Crippen LogP contribution in [0.15, 0.2) is 78.9 Å². The van der Waals surface area contributed by atoms with Gasteiger partial charge in [0.15, 0.2) is 0 Å². The lowest BCUT2D eigenvalue weighted by atomic mass is 10.1. The Hall–Kier alpha value is -3.86. The predicted octanol–water partition coefficient (Wildman–Crippen LogP) is 5.15. The van der Waals surface area contributed by atoms with Crippen LogP contribution in [-0.4, -0.2) is 16.4 Å². The molecular formula is C25H23N3O2. The number of hydrogen-bond donors (Lipinski definition) is 2. The van der Waals surface area contributed by atoms with Crippen LogP contribution < -0.4 is 10.6 Å². The summed E-state index contributed by atoms with van der Waals surface area (Å²) in [6.07, 6.45) is 0. The van der Waals surface area contributed by atoms with E-state index in [1.807, 2.05) is 79.1 Å². The Morgan fingerprint density at radius 2 is 1.57 bits per heavy atom. The van der Waals surface area contributed by atoms with Gasteiger partial charge in [0, 0.05) is 28.1 Å². The van der Waals surface area contributed by atoms with E-state index in [0.29, 0.717) is 11.3 Å². The Kier molecular flexibility index (Phi) is 5.35. The average Bonchev–Trinajstić information content (AvgIpc) is 3.05. The van der Waals surface area contributed by atoms with Gasteiger partial charge in [-0.25, -0.2) is 0 Å². The smallest absolute Gasteiger partial charge is 0.256 e. The molecule has 4 aromatic rings. The van der Waals surface area contributed by atoms with Crippen molar-refractivity contribution in [1.29, 1.82) is 0 Å². The number of carbonyl (C=O) groups excluding carboxylic acids is 2. The number of nitrogens with zero attached hydrogens (tertiary/aromatic N) is 1. The van der Waals surface area contributed by atoms with Crippen molar-refractivity contribution < 1.29 is 9.59 Å². The van der Waals surface area contributed by atoms with E-state index in [0.717, 1.165) is 27.8 Å². The van der Waals surface area contributed by atoms with E-state index < -0.39 is 0 Å². The summed E-state index contributed by atoms with van der Waals surface area (Å²) >= 11 is 0. The second kappa shape index (κ2) is 8.25. The molecule has 150 valence electrons. The molecule has 0 bridgehead atoms. The number of carbonyl (C=O) groups is 2. The summed E-state index contributed by atoms with van der Waals surface area (Å²) in [6.45, 7) is 4.04. The molecule has 0 unspecified atom stereocenters. The second-order valence-electron chi connectivity index (χ2n) is 7.28. The summed E-state index contributed by atoms with van der Waals surface area (Å²) < 4.78 is 1.99. The minimum Gasteiger partial charge on any atom is -0.335 e. The van der Waals surface area contributed by atoms with Gasteiger partial charge in [0.2, 0.25) is 5.91 Å². The molecule has 3 aromatic carbocycles. The van der Waals surface area contributed by atoms with Gasteiger partial charge in [-0.15, -0.1) is 0 Å². The fraction of sp³-hybridized carbons (Fsp3) is 0.120. The Morgan fingerprint density at radius 1 is 0.833 bits per heavy atom. The van der Waals surface area contributed by atoms with Gasteiger partial charge in [-0.05, 0) is 61.2 Å². The van der Waals surface area contributed by atoms with Crippen molar-refractivity contribution in [2.75, 3.05) is 10.6 Å². The van der Waals surface area contributed by atoms with E-state index in [1.165, 1.54) is 0 Å². The van der Waals surface area contributed by atoms with Crippen molar-refractivity contribution >= 4 is 34.1 Å². The number of aryl methyl sites for hydroxylation is 1. The number of benzene rings is 3. The number of aromatic nitrogens is 1. The van der Waals surface area contributed by atoms with E-state index in [9.17, 15) is 9.59 Å². The van der Waals surface area contributed by atoms with Crippen LogP contribution in [-0.2, 0) is 11.3 Å². The molecule has 2 N–H and O–H groups in total. The number of para-hydroxylation sites is 2. The Balaban J connectivity index is 1.52. The summed E-state index contributed by atoms with van der Waals surface area (Å²) in [7, 11) is 0. The topological polar surface area (TPSA) is 63.1 Å². The van der Waals surface area contributed by atoms with Crippen LogP contribution in [0.2, 0.25) is 0 Å². The third-order valence-corrected chi connectivity index (χ3v) is 5.20. The molecule has 0 aliphatic rings. The molecule has 2 amide bonds. The highest BCUT2D eigenvalue weighted by atomic mass is 16.2. The number of nitrogens with one attached hydrogen (secondary N) is 2. The summed E-state index contributed by atoms with van der Waals surface area (Å²) in [5.41, 5.74) is 4.67. The molecule has 4 rings (SSSR count). The van der Waals surface area contributed by atoms with Crippen LogP contribution in [0, 0.1) is 13.8 Å². The average molecular weight is 397 g/mol. The second-order valence-corrected chi connectivity index (χ2v) is 7.28. The van der Waals surface area contributed by atoms with E-state index in [2.05, 4.69) is 16.7 Å². The van der Waals surface area contributed by atoms with Gasteiger partial charge in [0.25, 0.3) is 5.91 Å². The number of amides is 2. The molecule has 1 aromatic heterocycles. The zero-order valence-electron chi connectivity index (χ0n) is 17.0. The molecule has 0 fully saturated rings. The largest absolute Gasteiger partial charge is 0.335 e. The standard InChI is InChI=1S/C25H23N3O2/c1-17-15-19-9-6-7-14-23(19)28(17)16-24(29)27-22-13-8-12-21(18(22)2)25(30)26-20-10-4-3-5-11-20/h3-15H,16H2,1-2H3,(H,26,30)(H,27,29). The number of hydrogen-bond acceptors (Lipinski definition) is 2. The molecule has 0 spiro atoms. The lowest BCUT2D eigenvalue weighted by Gasteiger charge is -2.14. The van der Waals surface area contributed by atoms with Crippen LogP contribution in [0.4, 0.5) is 11.4 Å². The van der Waals surface area contributed by atoms with Crippen LogP contribution in [0.1, 0.15) is 21.6 Å². The number of fused-ring (bicyclic) bond motifs is 1. The van der Waals surface area contributed by atoms with Gasteiger partial charge >= 0.3 is 0 Å². The van der Waals surface area contributed by atoms with E-state index >= 15 is 0 Å². The summed E-state index contributed by atoms with van der Waals surface area (Å²) in [5, 5.41) is 6.96. The van der Waals surface area contributed by atoms with Gasteiger partial charge in [-0.1, -0.05) is 42.5 Å². The van der Waals surface area contributed by atoms with Gasteiger partial charge in [-0.2, -0.15) is 0 Å². The molecule has 1 heterocycles. The highest BCUT2D eigenvalue weighted by Gasteiger charge is 2.15. The van der Waals surface area contributed by atoms with Crippen LogP contribution in [0.5, 0.6) is 0 Å². The third kappa shape index (κ3) is 3.96. The van der Waals surface area contributed by atoms with Crippen molar-refractivity contribution in [1.82, 2.24) is 4.57 Å². The molecule has 5 heteroatoms. The molecule has 0 radical (unpaired) electrons. The van der Waals surface area contributed by atoms with Gasteiger partial charge in [-0.3, -0.25) is 9.59 Å². The highest BCUT2D eigenvalue weighted by molar-refractivity contribution is 6.06. The number of anilines is 2. The Morgan fingerprint density at radius 3 is 2.37 bits per heavy atom. The zero-order chi connectivity index (χ0) is 21.1. The number of rotatable bonds is 5. The first-order chi connectivity index (χ1) is 14.5. The van der Waals surface area contributed by atoms with Gasteiger partial charge in [0.05, 0.1) is 0 Å². The maximum atomic E-state index is 12.8. The molecule has 0 atom stereocenters. The molecular weight excluding hydrogens is 374 g/mol. The summed E-state index contributed by atoms with van der Waals surface area (Å²) in [5.74, 6) is -0.342. The summed E-state index contributed by atoms with van der Waals surface area (Å²) in [6, 6.07) is 24.7. The Labute approximate surface area is 175 Å². The predicted molar refractivity (Wildman–Crippen MR) is 121 cm³/mol. The normalized spacial score (nSPS) is 10.7. The van der Waals surface area contributed by atoms with E-state index in [-0.39, 0.29) is 18.4 Å². The van der Waals surface area contributed by atoms with Crippen LogP contribution in [0.3, 0.4) is 0 Å². The minimum atomic E-state index is -0.206. The molecule has 5 nitrogen and oxygen atoms in total. The lowest BCUT2D eigenvalue weighted by molar-refractivity contribution is -0.116. The molecule has 0 saturated heterocycles. The first-order valence-corrected chi connectivity index (χ1v) is 9.83. The van der Waals surface area contributed by atoms with Crippen molar-refractivity contribution in [3.8, 4) is 0 Å². The van der Waals surface area contributed by atoms with Crippen molar-refractivity contribution in [3.05, 3.63) is 95.7 Å². The van der Waals surface area contributed by atoms with Crippen LogP contribution in [0.25, 0.3) is 10.9 Å². The molecule has 0 saturated carbocycles. The maximum absolute atomic E-state index is 12.8. The zero-order valence-corrected chi connectivity index (χ0v) is 17.0. The maximum Gasteiger partial charge on any atom is 0.256 e. The van der Waals surface area contributed by atoms with E-state index in [4.69, 9.17) is 0 Å². The first-order valence-electron chi connectivity index (χ1n) is 9.83.